The molecule has 8 aromatic rings. The molecule has 439 valence electrons. The summed E-state index contributed by atoms with van der Waals surface area (Å²) in [5.74, 6) is -0.245. The van der Waals surface area contributed by atoms with Crippen molar-refractivity contribution in [1.82, 2.24) is 58.1 Å². The third kappa shape index (κ3) is 35.9. The first-order valence-electron chi connectivity index (χ1n) is 24.2. The molecule has 1 N–H and O–H groups in total. The number of rotatable bonds is 1. The van der Waals surface area contributed by atoms with Gasteiger partial charge in [-0.15, -0.1) is 0 Å². The van der Waals surface area contributed by atoms with Gasteiger partial charge in [-0.05, 0) is 89.0 Å². The van der Waals surface area contributed by atoms with Crippen molar-refractivity contribution < 1.29 is 29.0 Å². The van der Waals surface area contributed by atoms with E-state index in [-0.39, 0.29) is 32.4 Å². The van der Waals surface area contributed by atoms with Crippen LogP contribution in [0.4, 0.5) is 0 Å². The number of hydrogen-bond acceptors (Lipinski definition) is 11. The third-order valence-corrected chi connectivity index (χ3v) is 9.32. The second-order valence-corrected chi connectivity index (χ2v) is 64.2. The fourth-order valence-electron chi connectivity index (χ4n) is 6.43. The molecule has 0 amide bonds. The molecule has 77 heavy (non-hydrogen) atoms. The number of halogens is 6. The molecule has 8 heterocycles. The number of aliphatic hydroxyl groups excluding tert-OH is 1. The van der Waals surface area contributed by atoms with Crippen molar-refractivity contribution in [1.29, 1.82) is 0 Å². The third-order valence-electron chi connectivity index (χ3n) is 9.32. The first-order chi connectivity index (χ1) is 35.4. The molecule has 0 aliphatic rings. The van der Waals surface area contributed by atoms with E-state index >= 15 is 0 Å². The van der Waals surface area contributed by atoms with Gasteiger partial charge in [0.05, 0.1) is 29.9 Å². The number of aryl methyl sites for hydroxylation is 12. The SMILES string of the molecule is CC.CCC.CCCC.CCI.CCO.COC(C)=O.Cc1cn(C)c2ncnc(C)c12.Cc1cn(C)c2ncnc(C)c12.Cc1cn(C)c2ncnc(C)c12.Cc1cn(C)c2ncnc(C)c12.[CH3-].[CH3-].[I][V]([I])[I].[I][V][I]. The average Bonchev–Trinajstić information content (AvgIpc) is 4.04. The zero-order chi connectivity index (χ0) is 59.0. The molecule has 0 spiro atoms. The molecule has 8 rings (SSSR count). The number of methoxy groups -OCH3 is 1. The van der Waals surface area contributed by atoms with Gasteiger partial charge in [0.15, 0.2) is 0 Å². The molecule has 0 aromatic carbocycles. The molecule has 0 aliphatic carbocycles. The number of aromatic nitrogens is 12. The van der Waals surface area contributed by atoms with Crippen LogP contribution >= 0.6 is 122 Å². The van der Waals surface area contributed by atoms with Crippen molar-refractivity contribution in [3.8, 4) is 0 Å². The van der Waals surface area contributed by atoms with E-state index in [1.807, 2.05) is 88.0 Å². The molecule has 0 atom stereocenters. The molecule has 0 bridgehead atoms. The molecule has 0 unspecified atom stereocenters. The Morgan fingerprint density at radius 3 is 0.779 bits per heavy atom. The molecular formula is C54H91I6N12O3V2-2. The fourth-order valence-corrected chi connectivity index (χ4v) is 6.43. The normalized spacial score (nSPS) is 9.06. The summed E-state index contributed by atoms with van der Waals surface area (Å²) in [5, 5.41) is 12.3. The van der Waals surface area contributed by atoms with Crippen LogP contribution in [0, 0.1) is 70.2 Å². The summed E-state index contributed by atoms with van der Waals surface area (Å²) in [6.45, 7) is 34.4. The van der Waals surface area contributed by atoms with Gasteiger partial charge in [0.1, 0.15) is 47.9 Å². The summed E-state index contributed by atoms with van der Waals surface area (Å²) in [4.78, 5) is 42.8. The summed E-state index contributed by atoms with van der Waals surface area (Å²) < 4.78 is 13.4. The average molecular weight is 1820 g/mol. The van der Waals surface area contributed by atoms with Crippen molar-refractivity contribution in [2.24, 2.45) is 28.2 Å². The van der Waals surface area contributed by atoms with Crippen molar-refractivity contribution in [3.63, 3.8) is 0 Å². The van der Waals surface area contributed by atoms with Crippen LogP contribution in [0.15, 0.2) is 50.1 Å². The number of aliphatic hydroxyl groups is 1. The van der Waals surface area contributed by atoms with Crippen molar-refractivity contribution >= 4 is 173 Å². The Balaban J connectivity index is -0.000000188. The van der Waals surface area contributed by atoms with Crippen LogP contribution in [-0.4, -0.2) is 87.4 Å². The van der Waals surface area contributed by atoms with Gasteiger partial charge in [-0.2, -0.15) is 0 Å². The topological polar surface area (TPSA) is 169 Å². The molecule has 0 fully saturated rings. The zero-order valence-electron chi connectivity index (χ0n) is 50.4. The Kier molecular flexibility index (Phi) is 60.9. The minimum absolute atomic E-state index is 0. The van der Waals surface area contributed by atoms with E-state index in [1.54, 1.807) is 32.2 Å². The summed E-state index contributed by atoms with van der Waals surface area (Å²) >= 11 is 14.4. The van der Waals surface area contributed by atoms with Gasteiger partial charge < -0.3 is 43.0 Å². The number of esters is 1. The number of fused-ring (bicyclic) bond motifs is 4. The van der Waals surface area contributed by atoms with Gasteiger partial charge >= 0.3 is 120 Å². The second kappa shape index (κ2) is 53.5. The van der Waals surface area contributed by atoms with Gasteiger partial charge in [-0.25, -0.2) is 39.9 Å². The van der Waals surface area contributed by atoms with E-state index in [0.29, 0.717) is 9.47 Å². The Labute approximate surface area is 545 Å². The van der Waals surface area contributed by atoms with E-state index < -0.39 is 0 Å². The quantitative estimate of drug-likeness (QED) is 0.0718. The van der Waals surface area contributed by atoms with Crippen LogP contribution in [0.5, 0.6) is 0 Å². The van der Waals surface area contributed by atoms with Crippen LogP contribution in [0.3, 0.4) is 0 Å². The van der Waals surface area contributed by atoms with Gasteiger partial charge in [0.2, 0.25) is 0 Å². The monoisotopic (exact) mass is 1820 g/mol. The van der Waals surface area contributed by atoms with Gasteiger partial charge in [-0.3, -0.25) is 4.79 Å². The van der Waals surface area contributed by atoms with E-state index in [0.717, 1.165) is 45.4 Å². The predicted molar refractivity (Wildman–Crippen MR) is 378 cm³/mol. The number of carbonyl (C=O) groups is 1. The first-order valence-corrected chi connectivity index (χ1v) is 48.3. The Morgan fingerprint density at radius 1 is 0.532 bits per heavy atom. The van der Waals surface area contributed by atoms with E-state index in [2.05, 4.69) is 254 Å². The molecule has 8 aromatic heterocycles. The van der Waals surface area contributed by atoms with E-state index in [1.165, 1.54) is 81.5 Å². The number of carbonyl (C=O) groups excluding carboxylic acids is 1. The van der Waals surface area contributed by atoms with E-state index in [9.17, 15) is 4.79 Å². The first kappa shape index (κ1) is 87.7. The van der Waals surface area contributed by atoms with E-state index in [4.69, 9.17) is 5.11 Å². The summed E-state index contributed by atoms with van der Waals surface area (Å²) in [5.41, 5.74) is 13.2. The van der Waals surface area contributed by atoms with Crippen LogP contribution < -0.4 is 0 Å². The molecular weight excluding hydrogens is 1730 g/mol. The second-order valence-electron chi connectivity index (χ2n) is 15.6. The fraction of sp³-hybridized carbons (Fsp3) is 0.500. The van der Waals surface area contributed by atoms with Crippen molar-refractivity contribution in [3.05, 3.63) is 110 Å². The maximum absolute atomic E-state index is 9.59. The number of nitrogens with zero attached hydrogens (tertiary/aromatic N) is 12. The molecule has 0 saturated heterocycles. The van der Waals surface area contributed by atoms with Crippen molar-refractivity contribution in [2.45, 2.75) is 137 Å². The van der Waals surface area contributed by atoms with Gasteiger partial charge in [-0.1, -0.05) is 90.3 Å². The number of alkyl halides is 1. The van der Waals surface area contributed by atoms with Crippen LogP contribution in [0.1, 0.15) is 127 Å². The van der Waals surface area contributed by atoms with Crippen LogP contribution in [0.25, 0.3) is 44.1 Å². The van der Waals surface area contributed by atoms with Crippen LogP contribution in [0.2, 0.25) is 0 Å². The maximum atomic E-state index is 9.59. The standard InChI is InChI=1S/4C9H11N3.C4H10.C3H6O2.C3H8.C2H5I.C2H6O.C2H6.2CH3.5HI.2V/c4*1-6-4-12(3)9-8(6)7(2)10-5-11-9;1-3-4-2;1-3(4)5-2;1-3-2;2*1-2-3;1-2;;;;;;;;;/h4*4-5H,1-3H3;3-4H2,1-2H3;1-2H3;3H2,1-2H3;2H2,1H3;3H,2H2,1H3;1-2H3;2*1H3;5*1H;;/q;;;;;;;;;;2*-1;;;;;;+2;+3/p-5. The molecule has 23 heteroatoms. The number of hydrogen-bond donors (Lipinski definition) is 1. The number of unbranched alkanes of at least 4 members (excludes halogenated alkanes) is 1. The van der Waals surface area contributed by atoms with Crippen molar-refractivity contribution in [2.75, 3.05) is 18.1 Å². The molecule has 0 aliphatic heterocycles. The Bertz CT molecular complexity index is 2380. The van der Waals surface area contributed by atoms with Gasteiger partial charge in [0.25, 0.3) is 0 Å². The predicted octanol–water partition coefficient (Wildman–Crippen LogP) is 17.5. The Hall–Kier alpha value is -0.541. The molecule has 15 nitrogen and oxygen atoms in total. The minimum atomic E-state index is -0.278. The summed E-state index contributed by atoms with van der Waals surface area (Å²) in [6, 6.07) is 0. The molecule has 0 saturated carbocycles. The summed E-state index contributed by atoms with van der Waals surface area (Å²) in [7, 11) is 9.98. The van der Waals surface area contributed by atoms with Crippen LogP contribution in [-0.2, 0) is 52.1 Å². The molecule has 0 radical (unpaired) electrons. The number of ether oxygens (including phenoxy) is 1. The zero-order valence-corrected chi connectivity index (χ0v) is 66.2. The summed E-state index contributed by atoms with van der Waals surface area (Å²) in [6.07, 6.45) is 18.6. The Morgan fingerprint density at radius 2 is 0.675 bits per heavy atom. The van der Waals surface area contributed by atoms with Gasteiger partial charge in [0, 0.05) is 88.1 Å².